The number of rotatable bonds is 7. The highest BCUT2D eigenvalue weighted by molar-refractivity contribution is 7.89. The number of phenols is 1. The van der Waals surface area contributed by atoms with E-state index in [2.05, 4.69) is 9.62 Å². The largest absolute Gasteiger partial charge is 0.507 e. The van der Waals surface area contributed by atoms with Crippen LogP contribution in [0.4, 0.5) is 0 Å². The molecule has 21 heavy (non-hydrogen) atoms. The topological polar surface area (TPSA) is 107 Å². The van der Waals surface area contributed by atoms with Crippen molar-refractivity contribution in [3.05, 3.63) is 23.8 Å². The van der Waals surface area contributed by atoms with Crippen molar-refractivity contribution in [3.8, 4) is 5.75 Å². The van der Waals surface area contributed by atoms with E-state index in [1.807, 2.05) is 7.05 Å². The Balaban J connectivity index is 2.04. The maximum absolute atomic E-state index is 12.1. The molecule has 0 aromatic heterocycles. The van der Waals surface area contributed by atoms with E-state index < -0.39 is 27.3 Å². The number of carboxylic acid groups (broad SMARTS) is 1. The van der Waals surface area contributed by atoms with E-state index in [9.17, 15) is 18.3 Å². The van der Waals surface area contributed by atoms with E-state index in [4.69, 9.17) is 5.11 Å². The van der Waals surface area contributed by atoms with Gasteiger partial charge in [-0.15, -0.1) is 0 Å². The zero-order valence-corrected chi connectivity index (χ0v) is 12.4. The SMILES string of the molecule is CN(CCNS(=O)(=O)c1ccc(O)c(C(=O)O)c1)C1CC1. The van der Waals surface area contributed by atoms with Crippen molar-refractivity contribution in [1.82, 2.24) is 9.62 Å². The Morgan fingerprint density at radius 2 is 2.10 bits per heavy atom. The minimum atomic E-state index is -3.79. The second-order valence-electron chi connectivity index (χ2n) is 5.09. The first-order valence-electron chi connectivity index (χ1n) is 6.57. The van der Waals surface area contributed by atoms with Gasteiger partial charge >= 0.3 is 5.97 Å². The van der Waals surface area contributed by atoms with Crippen LogP contribution in [0.3, 0.4) is 0 Å². The number of nitrogens with one attached hydrogen (secondary N) is 1. The fourth-order valence-electron chi connectivity index (χ4n) is 1.99. The highest BCUT2D eigenvalue weighted by atomic mass is 32.2. The molecule has 3 N–H and O–H groups in total. The molecule has 0 atom stereocenters. The van der Waals surface area contributed by atoms with E-state index in [0.29, 0.717) is 12.6 Å². The number of aromatic carboxylic acids is 1. The number of carboxylic acids is 1. The molecule has 0 spiro atoms. The van der Waals surface area contributed by atoms with Crippen LogP contribution in [0.25, 0.3) is 0 Å². The monoisotopic (exact) mass is 314 g/mol. The van der Waals surface area contributed by atoms with Gasteiger partial charge in [-0.25, -0.2) is 17.9 Å². The molecule has 0 aliphatic heterocycles. The Hall–Kier alpha value is -1.64. The summed E-state index contributed by atoms with van der Waals surface area (Å²) < 4.78 is 26.6. The summed E-state index contributed by atoms with van der Waals surface area (Å²) in [4.78, 5) is 12.8. The van der Waals surface area contributed by atoms with Crippen LogP contribution in [-0.2, 0) is 10.0 Å². The summed E-state index contributed by atoms with van der Waals surface area (Å²) in [5.41, 5.74) is -0.437. The Morgan fingerprint density at radius 3 is 2.67 bits per heavy atom. The predicted octanol–water partition coefficient (Wildman–Crippen LogP) is 0.463. The fourth-order valence-corrected chi connectivity index (χ4v) is 3.04. The highest BCUT2D eigenvalue weighted by Gasteiger charge is 2.26. The third-order valence-electron chi connectivity index (χ3n) is 3.44. The summed E-state index contributed by atoms with van der Waals surface area (Å²) in [6.07, 6.45) is 2.28. The number of sulfonamides is 1. The molecule has 1 aliphatic carbocycles. The Labute approximate surface area is 123 Å². The van der Waals surface area contributed by atoms with Crippen LogP contribution in [0, 0.1) is 0 Å². The van der Waals surface area contributed by atoms with Gasteiger partial charge in [0.25, 0.3) is 0 Å². The number of hydrogen-bond donors (Lipinski definition) is 3. The van der Waals surface area contributed by atoms with Gasteiger partial charge in [-0.2, -0.15) is 0 Å². The van der Waals surface area contributed by atoms with Crippen molar-refractivity contribution in [3.63, 3.8) is 0 Å². The molecule has 116 valence electrons. The van der Waals surface area contributed by atoms with Gasteiger partial charge in [0.05, 0.1) is 4.90 Å². The van der Waals surface area contributed by atoms with Crippen molar-refractivity contribution in [2.75, 3.05) is 20.1 Å². The lowest BCUT2D eigenvalue weighted by Gasteiger charge is -2.16. The molecular weight excluding hydrogens is 296 g/mol. The first-order chi connectivity index (χ1) is 9.81. The third-order valence-corrected chi connectivity index (χ3v) is 4.89. The molecule has 7 nitrogen and oxygen atoms in total. The molecule has 2 rings (SSSR count). The molecule has 8 heteroatoms. The first-order valence-corrected chi connectivity index (χ1v) is 8.06. The lowest BCUT2D eigenvalue weighted by molar-refractivity contribution is 0.0693. The predicted molar refractivity (Wildman–Crippen MR) is 75.9 cm³/mol. The number of hydrogen-bond acceptors (Lipinski definition) is 5. The molecule has 0 heterocycles. The van der Waals surface area contributed by atoms with Crippen LogP contribution in [0.2, 0.25) is 0 Å². The Morgan fingerprint density at radius 1 is 1.43 bits per heavy atom. The number of likely N-dealkylation sites (N-methyl/N-ethyl adjacent to an activating group) is 1. The zero-order chi connectivity index (χ0) is 15.6. The van der Waals surface area contributed by atoms with E-state index in [1.165, 1.54) is 6.07 Å². The van der Waals surface area contributed by atoms with Crippen LogP contribution in [0.1, 0.15) is 23.2 Å². The van der Waals surface area contributed by atoms with Gasteiger partial charge in [-0.05, 0) is 38.1 Å². The summed E-state index contributed by atoms with van der Waals surface area (Å²) >= 11 is 0. The molecule has 0 saturated heterocycles. The van der Waals surface area contributed by atoms with Crippen molar-refractivity contribution in [2.45, 2.75) is 23.8 Å². The van der Waals surface area contributed by atoms with Crippen molar-refractivity contribution >= 4 is 16.0 Å². The smallest absolute Gasteiger partial charge is 0.339 e. The molecule has 1 aromatic rings. The van der Waals surface area contributed by atoms with Gasteiger partial charge in [0.15, 0.2) is 0 Å². The number of nitrogens with zero attached hydrogens (tertiary/aromatic N) is 1. The van der Waals surface area contributed by atoms with Crippen LogP contribution >= 0.6 is 0 Å². The molecule has 1 aromatic carbocycles. The molecule has 1 saturated carbocycles. The average molecular weight is 314 g/mol. The normalized spacial score (nSPS) is 15.3. The lowest BCUT2D eigenvalue weighted by atomic mass is 10.2. The van der Waals surface area contributed by atoms with Gasteiger partial charge in [0.2, 0.25) is 10.0 Å². The van der Waals surface area contributed by atoms with Crippen molar-refractivity contribution < 1.29 is 23.4 Å². The van der Waals surface area contributed by atoms with Gasteiger partial charge in [-0.1, -0.05) is 0 Å². The van der Waals surface area contributed by atoms with E-state index in [0.717, 1.165) is 25.0 Å². The molecular formula is C13H18N2O5S. The summed E-state index contributed by atoms with van der Waals surface area (Å²) in [7, 11) is -1.85. The van der Waals surface area contributed by atoms with E-state index in [-0.39, 0.29) is 11.4 Å². The fraction of sp³-hybridized carbons (Fsp3) is 0.462. The van der Waals surface area contributed by atoms with Crippen LogP contribution in [0.15, 0.2) is 23.1 Å². The first kappa shape index (κ1) is 15.7. The maximum atomic E-state index is 12.1. The summed E-state index contributed by atoms with van der Waals surface area (Å²) in [6.45, 7) is 0.840. The van der Waals surface area contributed by atoms with Gasteiger partial charge in [0, 0.05) is 19.1 Å². The molecule has 0 bridgehead atoms. The summed E-state index contributed by atoms with van der Waals surface area (Å²) in [5, 5.41) is 18.3. The summed E-state index contributed by atoms with van der Waals surface area (Å²) in [6, 6.07) is 3.73. The minimum absolute atomic E-state index is 0.174. The van der Waals surface area contributed by atoms with Crippen molar-refractivity contribution in [2.24, 2.45) is 0 Å². The molecule has 0 amide bonds. The van der Waals surface area contributed by atoms with E-state index in [1.54, 1.807) is 0 Å². The molecule has 1 aliphatic rings. The van der Waals surface area contributed by atoms with Crippen molar-refractivity contribution in [1.29, 1.82) is 0 Å². The summed E-state index contributed by atoms with van der Waals surface area (Å²) in [5.74, 6) is -1.84. The second kappa shape index (κ2) is 6.00. The van der Waals surface area contributed by atoms with Crippen LogP contribution in [0.5, 0.6) is 5.75 Å². The lowest BCUT2D eigenvalue weighted by Crippen LogP contribution is -2.34. The van der Waals surface area contributed by atoms with E-state index >= 15 is 0 Å². The minimum Gasteiger partial charge on any atom is -0.507 e. The number of carbonyl (C=O) groups is 1. The third kappa shape index (κ3) is 3.93. The average Bonchev–Trinajstić information content (AvgIpc) is 3.22. The number of aromatic hydroxyl groups is 1. The molecule has 0 radical (unpaired) electrons. The van der Waals surface area contributed by atoms with Gasteiger partial charge in [0.1, 0.15) is 11.3 Å². The zero-order valence-electron chi connectivity index (χ0n) is 11.6. The molecule has 0 unspecified atom stereocenters. The Kier molecular flexibility index (Phi) is 4.50. The molecule has 1 fully saturated rings. The standard InChI is InChI=1S/C13H18N2O5S/c1-15(9-2-3-9)7-6-14-21(19,20)10-4-5-12(16)11(8-10)13(17)18/h4-5,8-9,14,16H,2-3,6-7H2,1H3,(H,17,18). The van der Waals surface area contributed by atoms with Crippen LogP contribution in [-0.4, -0.2) is 55.7 Å². The van der Waals surface area contributed by atoms with Crippen LogP contribution < -0.4 is 4.72 Å². The highest BCUT2D eigenvalue weighted by Crippen LogP contribution is 2.25. The number of benzene rings is 1. The quantitative estimate of drug-likeness (QED) is 0.675. The second-order valence-corrected chi connectivity index (χ2v) is 6.86. The van der Waals surface area contributed by atoms with Gasteiger partial charge in [-0.3, -0.25) is 0 Å². The van der Waals surface area contributed by atoms with Gasteiger partial charge < -0.3 is 15.1 Å². The maximum Gasteiger partial charge on any atom is 0.339 e. The Bertz CT molecular complexity index is 640.